The third-order valence-corrected chi connectivity index (χ3v) is 4.15. The van der Waals surface area contributed by atoms with Crippen LogP contribution in [0, 0.1) is 6.92 Å². The van der Waals surface area contributed by atoms with Gasteiger partial charge in [0.1, 0.15) is 0 Å². The molecule has 0 radical (unpaired) electrons. The molecule has 3 rings (SSSR count). The Hall–Kier alpha value is -2.74. The average Bonchev–Trinajstić information content (AvgIpc) is 2.65. The predicted octanol–water partition coefficient (Wildman–Crippen LogP) is 5.24. The van der Waals surface area contributed by atoms with Crippen LogP contribution in [0.2, 0.25) is 0 Å². The Bertz CT molecular complexity index is 767. The van der Waals surface area contributed by atoms with E-state index in [0.29, 0.717) is 13.2 Å². The van der Waals surface area contributed by atoms with Gasteiger partial charge in [0.2, 0.25) is 0 Å². The standard InChI is InChI=1S/C23H24O2/c1-19-9-8-14-22(24-17-15-20-10-4-2-5-11-20)23(19)25-18-16-21-12-6-3-7-13-21/h2-14H,15-18H2,1H3. The van der Waals surface area contributed by atoms with E-state index in [2.05, 4.69) is 61.5 Å². The van der Waals surface area contributed by atoms with Crippen LogP contribution >= 0.6 is 0 Å². The van der Waals surface area contributed by atoms with E-state index in [9.17, 15) is 0 Å². The fourth-order valence-electron chi connectivity index (χ4n) is 2.76. The van der Waals surface area contributed by atoms with Crippen LogP contribution in [0.5, 0.6) is 11.5 Å². The van der Waals surface area contributed by atoms with Gasteiger partial charge in [-0.2, -0.15) is 0 Å². The van der Waals surface area contributed by atoms with Crippen molar-refractivity contribution < 1.29 is 9.47 Å². The largest absolute Gasteiger partial charge is 0.489 e. The summed E-state index contributed by atoms with van der Waals surface area (Å²) in [5.41, 5.74) is 3.66. The second kappa shape index (κ2) is 8.93. The fraction of sp³-hybridized carbons (Fsp3) is 0.217. The minimum absolute atomic E-state index is 0.641. The molecule has 0 spiro atoms. The lowest BCUT2D eigenvalue weighted by Crippen LogP contribution is -2.06. The first-order chi connectivity index (χ1) is 12.3. The minimum Gasteiger partial charge on any atom is -0.489 e. The second-order valence-corrected chi connectivity index (χ2v) is 6.07. The zero-order chi connectivity index (χ0) is 17.3. The van der Waals surface area contributed by atoms with Crippen LogP contribution in [-0.2, 0) is 12.8 Å². The Balaban J connectivity index is 1.57. The van der Waals surface area contributed by atoms with E-state index in [4.69, 9.17) is 9.47 Å². The molecule has 0 N–H and O–H groups in total. The number of hydrogen-bond donors (Lipinski definition) is 0. The van der Waals surface area contributed by atoms with Gasteiger partial charge in [0.05, 0.1) is 13.2 Å². The average molecular weight is 332 g/mol. The Morgan fingerprint density at radius 3 is 1.76 bits per heavy atom. The molecule has 0 heterocycles. The van der Waals surface area contributed by atoms with Gasteiger partial charge < -0.3 is 9.47 Å². The summed E-state index contributed by atoms with van der Waals surface area (Å²) >= 11 is 0. The molecular weight excluding hydrogens is 308 g/mol. The number of benzene rings is 3. The summed E-state index contributed by atoms with van der Waals surface area (Å²) in [6.07, 6.45) is 1.77. The molecule has 0 unspecified atom stereocenters. The van der Waals surface area contributed by atoms with Crippen LogP contribution < -0.4 is 9.47 Å². The van der Waals surface area contributed by atoms with Gasteiger partial charge in [0.25, 0.3) is 0 Å². The van der Waals surface area contributed by atoms with Crippen molar-refractivity contribution >= 4 is 0 Å². The van der Waals surface area contributed by atoms with Crippen molar-refractivity contribution in [1.82, 2.24) is 0 Å². The van der Waals surface area contributed by atoms with Gasteiger partial charge >= 0.3 is 0 Å². The molecule has 0 aliphatic heterocycles. The SMILES string of the molecule is Cc1cccc(OCCc2ccccc2)c1OCCc1ccccc1. The Morgan fingerprint density at radius 2 is 1.16 bits per heavy atom. The number of para-hydroxylation sites is 1. The highest BCUT2D eigenvalue weighted by Crippen LogP contribution is 2.31. The lowest BCUT2D eigenvalue weighted by Gasteiger charge is -2.15. The van der Waals surface area contributed by atoms with Crippen LogP contribution in [0.3, 0.4) is 0 Å². The van der Waals surface area contributed by atoms with Crippen molar-refractivity contribution in [3.05, 3.63) is 95.6 Å². The van der Waals surface area contributed by atoms with Gasteiger partial charge in [-0.25, -0.2) is 0 Å². The van der Waals surface area contributed by atoms with E-state index < -0.39 is 0 Å². The first-order valence-electron chi connectivity index (χ1n) is 8.76. The summed E-state index contributed by atoms with van der Waals surface area (Å²) in [6.45, 7) is 3.34. The van der Waals surface area contributed by atoms with Crippen LogP contribution in [0.25, 0.3) is 0 Å². The molecule has 0 amide bonds. The van der Waals surface area contributed by atoms with Crippen molar-refractivity contribution in [2.75, 3.05) is 13.2 Å². The topological polar surface area (TPSA) is 18.5 Å². The Morgan fingerprint density at radius 1 is 0.600 bits per heavy atom. The molecule has 0 aliphatic carbocycles. The first-order valence-corrected chi connectivity index (χ1v) is 8.76. The molecule has 0 saturated heterocycles. The molecule has 0 fully saturated rings. The van der Waals surface area contributed by atoms with Crippen molar-refractivity contribution in [3.8, 4) is 11.5 Å². The summed E-state index contributed by atoms with van der Waals surface area (Å²) < 4.78 is 12.0. The first kappa shape index (κ1) is 17.1. The zero-order valence-corrected chi connectivity index (χ0v) is 14.7. The van der Waals surface area contributed by atoms with Crippen molar-refractivity contribution in [2.24, 2.45) is 0 Å². The van der Waals surface area contributed by atoms with E-state index in [1.807, 2.05) is 24.3 Å². The highest BCUT2D eigenvalue weighted by Gasteiger charge is 2.08. The second-order valence-electron chi connectivity index (χ2n) is 6.07. The molecule has 0 aromatic heterocycles. The van der Waals surface area contributed by atoms with Gasteiger partial charge in [-0.05, 0) is 29.7 Å². The lowest BCUT2D eigenvalue weighted by atomic mass is 10.1. The number of hydrogen-bond acceptors (Lipinski definition) is 2. The van der Waals surface area contributed by atoms with Crippen LogP contribution in [0.15, 0.2) is 78.9 Å². The lowest BCUT2D eigenvalue weighted by molar-refractivity contribution is 0.270. The molecule has 25 heavy (non-hydrogen) atoms. The monoisotopic (exact) mass is 332 g/mol. The molecule has 2 nitrogen and oxygen atoms in total. The van der Waals surface area contributed by atoms with Gasteiger partial charge in [-0.3, -0.25) is 0 Å². The smallest absolute Gasteiger partial charge is 0.164 e. The highest BCUT2D eigenvalue weighted by atomic mass is 16.5. The maximum absolute atomic E-state index is 6.05. The van der Waals surface area contributed by atoms with E-state index in [-0.39, 0.29) is 0 Å². The van der Waals surface area contributed by atoms with E-state index in [1.165, 1.54) is 11.1 Å². The van der Waals surface area contributed by atoms with Gasteiger partial charge in [0, 0.05) is 12.8 Å². The third kappa shape index (κ3) is 5.12. The number of ether oxygens (including phenoxy) is 2. The molecule has 0 atom stereocenters. The van der Waals surface area contributed by atoms with Gasteiger partial charge in [0.15, 0.2) is 11.5 Å². The van der Waals surface area contributed by atoms with E-state index >= 15 is 0 Å². The molecule has 0 bridgehead atoms. The molecule has 2 heteroatoms. The predicted molar refractivity (Wildman–Crippen MR) is 102 cm³/mol. The normalized spacial score (nSPS) is 10.4. The van der Waals surface area contributed by atoms with Crippen molar-refractivity contribution in [3.63, 3.8) is 0 Å². The highest BCUT2D eigenvalue weighted by molar-refractivity contribution is 5.46. The molecular formula is C23H24O2. The maximum Gasteiger partial charge on any atom is 0.164 e. The minimum atomic E-state index is 0.641. The molecule has 0 aliphatic rings. The van der Waals surface area contributed by atoms with Gasteiger partial charge in [-0.15, -0.1) is 0 Å². The summed E-state index contributed by atoms with van der Waals surface area (Å²) in [5.74, 6) is 1.68. The molecule has 128 valence electrons. The maximum atomic E-state index is 6.05. The van der Waals surface area contributed by atoms with Crippen LogP contribution in [0.1, 0.15) is 16.7 Å². The zero-order valence-electron chi connectivity index (χ0n) is 14.7. The summed E-state index contributed by atoms with van der Waals surface area (Å²) in [6, 6.07) is 26.8. The molecule has 0 saturated carbocycles. The number of aryl methyl sites for hydroxylation is 1. The summed E-state index contributed by atoms with van der Waals surface area (Å²) in [7, 11) is 0. The quantitative estimate of drug-likeness (QED) is 0.562. The van der Waals surface area contributed by atoms with Crippen molar-refractivity contribution in [2.45, 2.75) is 19.8 Å². The molecule has 3 aromatic carbocycles. The van der Waals surface area contributed by atoms with Crippen molar-refractivity contribution in [1.29, 1.82) is 0 Å². The Labute approximate surface area is 150 Å². The summed E-state index contributed by atoms with van der Waals surface area (Å²) in [5, 5.41) is 0. The molecule has 3 aromatic rings. The van der Waals surface area contributed by atoms with Crippen LogP contribution in [-0.4, -0.2) is 13.2 Å². The van der Waals surface area contributed by atoms with Crippen LogP contribution in [0.4, 0.5) is 0 Å². The van der Waals surface area contributed by atoms with Gasteiger partial charge in [-0.1, -0.05) is 72.8 Å². The summed E-state index contributed by atoms with van der Waals surface area (Å²) in [4.78, 5) is 0. The Kier molecular flexibility index (Phi) is 6.11. The third-order valence-electron chi connectivity index (χ3n) is 4.15. The fourth-order valence-corrected chi connectivity index (χ4v) is 2.76. The van der Waals surface area contributed by atoms with E-state index in [0.717, 1.165) is 29.9 Å². The van der Waals surface area contributed by atoms with E-state index in [1.54, 1.807) is 0 Å². The number of rotatable bonds is 8.